The third kappa shape index (κ3) is 3.33. The highest BCUT2D eigenvalue weighted by Crippen LogP contribution is 2.24. The van der Waals surface area contributed by atoms with Crippen molar-refractivity contribution in [1.29, 1.82) is 0 Å². The molecule has 1 aromatic carbocycles. The highest BCUT2D eigenvalue weighted by atomic mass is 35.5. The highest BCUT2D eigenvalue weighted by molar-refractivity contribution is 6.32. The molecule has 1 heterocycles. The van der Waals surface area contributed by atoms with Gasteiger partial charge in [0.1, 0.15) is 5.75 Å². The summed E-state index contributed by atoms with van der Waals surface area (Å²) in [7, 11) is 0. The maximum absolute atomic E-state index is 12.0. The number of furan rings is 1. The number of nitrogens with one attached hydrogen (secondary N) is 1. The van der Waals surface area contributed by atoms with Crippen molar-refractivity contribution in [2.75, 3.05) is 5.32 Å². The molecule has 1 aromatic heterocycles. The molecule has 0 fully saturated rings. The molecule has 0 aliphatic heterocycles. The Morgan fingerprint density at radius 2 is 2.10 bits per heavy atom. The van der Waals surface area contributed by atoms with Crippen LogP contribution in [0.1, 0.15) is 29.8 Å². The fraction of sp³-hybridized carbons (Fsp3) is 0.267. The first-order valence-electron chi connectivity index (χ1n) is 6.29. The average Bonchev–Trinajstić information content (AvgIpc) is 2.78. The molecule has 0 aliphatic rings. The van der Waals surface area contributed by atoms with E-state index in [4.69, 9.17) is 20.8 Å². The minimum atomic E-state index is -0.302. The molecule has 0 bridgehead atoms. The topological polar surface area (TPSA) is 51.5 Å². The van der Waals surface area contributed by atoms with Crippen LogP contribution in [0, 0.1) is 6.92 Å². The third-order valence-corrected chi connectivity index (χ3v) is 2.97. The summed E-state index contributed by atoms with van der Waals surface area (Å²) in [4.78, 5) is 12.0. The maximum atomic E-state index is 12.0. The summed E-state index contributed by atoms with van der Waals surface area (Å²) >= 11 is 5.78. The zero-order valence-electron chi connectivity index (χ0n) is 11.6. The Bertz CT molecular complexity index is 619. The fourth-order valence-electron chi connectivity index (χ4n) is 1.77. The first kappa shape index (κ1) is 14.5. The van der Waals surface area contributed by atoms with Crippen molar-refractivity contribution in [3.8, 4) is 5.75 Å². The molecule has 2 aromatic rings. The minimum absolute atomic E-state index is 0.0833. The number of aryl methyl sites for hydroxylation is 1. The Labute approximate surface area is 122 Å². The summed E-state index contributed by atoms with van der Waals surface area (Å²) in [6, 6.07) is 7.04. The van der Waals surface area contributed by atoms with E-state index < -0.39 is 0 Å². The summed E-state index contributed by atoms with van der Waals surface area (Å²) in [6.07, 6.45) is 1.49. The van der Waals surface area contributed by atoms with Crippen LogP contribution in [-0.2, 0) is 0 Å². The smallest absolute Gasteiger partial charge is 0.260 e. The third-order valence-electron chi connectivity index (χ3n) is 2.68. The molecular weight excluding hydrogens is 278 g/mol. The number of carbonyl (C=O) groups is 1. The van der Waals surface area contributed by atoms with Gasteiger partial charge in [-0.3, -0.25) is 4.79 Å². The molecule has 0 aliphatic carbocycles. The first-order valence-corrected chi connectivity index (χ1v) is 6.67. The van der Waals surface area contributed by atoms with Gasteiger partial charge in [0.15, 0.2) is 0 Å². The van der Waals surface area contributed by atoms with Crippen molar-refractivity contribution in [3.05, 3.63) is 46.9 Å². The van der Waals surface area contributed by atoms with Crippen LogP contribution in [0.5, 0.6) is 5.75 Å². The Hall–Kier alpha value is -1.94. The van der Waals surface area contributed by atoms with Gasteiger partial charge >= 0.3 is 0 Å². The predicted molar refractivity (Wildman–Crippen MR) is 78.6 cm³/mol. The van der Waals surface area contributed by atoms with E-state index in [2.05, 4.69) is 5.32 Å². The average molecular weight is 294 g/mol. The van der Waals surface area contributed by atoms with Gasteiger partial charge in [-0.15, -0.1) is 0 Å². The van der Waals surface area contributed by atoms with Gasteiger partial charge in [-0.1, -0.05) is 0 Å². The lowest BCUT2D eigenvalue weighted by atomic mass is 10.2. The number of anilines is 1. The van der Waals surface area contributed by atoms with Gasteiger partial charge in [0.2, 0.25) is 5.22 Å². The number of benzene rings is 1. The van der Waals surface area contributed by atoms with E-state index in [1.165, 1.54) is 12.3 Å². The standard InChI is InChI=1S/C15H16ClNO3/c1-9(2)20-11-4-5-13(10(3)8-11)17-15(18)12-6-7-19-14(12)16/h4-9H,1-3H3,(H,17,18). The molecule has 106 valence electrons. The van der Waals surface area contributed by atoms with Crippen molar-refractivity contribution in [2.45, 2.75) is 26.9 Å². The van der Waals surface area contributed by atoms with E-state index >= 15 is 0 Å². The molecule has 0 unspecified atom stereocenters. The molecule has 0 saturated heterocycles. The van der Waals surface area contributed by atoms with Gasteiger partial charge in [0.05, 0.1) is 17.9 Å². The summed E-state index contributed by atoms with van der Waals surface area (Å²) < 4.78 is 10.5. The zero-order chi connectivity index (χ0) is 14.7. The summed E-state index contributed by atoms with van der Waals surface area (Å²) in [5, 5.41) is 2.88. The van der Waals surface area contributed by atoms with Crippen molar-refractivity contribution in [1.82, 2.24) is 0 Å². The molecular formula is C15H16ClNO3. The Kier molecular flexibility index (Phi) is 4.35. The molecule has 0 atom stereocenters. The molecule has 1 amide bonds. The fourth-order valence-corrected chi connectivity index (χ4v) is 1.97. The monoisotopic (exact) mass is 293 g/mol. The Balaban J connectivity index is 2.14. The van der Waals surface area contributed by atoms with Gasteiger partial charge < -0.3 is 14.5 Å². The molecule has 0 radical (unpaired) electrons. The van der Waals surface area contributed by atoms with Crippen molar-refractivity contribution in [3.63, 3.8) is 0 Å². The number of ether oxygens (including phenoxy) is 1. The molecule has 1 N–H and O–H groups in total. The molecule has 2 rings (SSSR count). The van der Waals surface area contributed by atoms with Crippen LogP contribution in [0.4, 0.5) is 5.69 Å². The Morgan fingerprint density at radius 3 is 2.65 bits per heavy atom. The predicted octanol–water partition coefficient (Wildman–Crippen LogP) is 4.28. The van der Waals surface area contributed by atoms with Crippen molar-refractivity contribution >= 4 is 23.2 Å². The largest absolute Gasteiger partial charge is 0.491 e. The number of carbonyl (C=O) groups excluding carboxylic acids is 1. The quantitative estimate of drug-likeness (QED) is 0.915. The van der Waals surface area contributed by atoms with Gasteiger partial charge in [-0.05, 0) is 62.2 Å². The van der Waals surface area contributed by atoms with Gasteiger partial charge in [0, 0.05) is 5.69 Å². The molecule has 0 saturated carbocycles. The van der Waals surface area contributed by atoms with E-state index in [0.29, 0.717) is 11.3 Å². The lowest BCUT2D eigenvalue weighted by Gasteiger charge is -2.13. The number of amides is 1. The summed E-state index contributed by atoms with van der Waals surface area (Å²) in [5.41, 5.74) is 1.94. The highest BCUT2D eigenvalue weighted by Gasteiger charge is 2.14. The minimum Gasteiger partial charge on any atom is -0.491 e. The van der Waals surface area contributed by atoms with Gasteiger partial charge in [0.25, 0.3) is 5.91 Å². The molecule has 5 heteroatoms. The first-order chi connectivity index (χ1) is 9.47. The number of halogens is 1. The van der Waals surface area contributed by atoms with E-state index in [1.54, 1.807) is 6.07 Å². The maximum Gasteiger partial charge on any atom is 0.260 e. The van der Waals surface area contributed by atoms with Crippen LogP contribution in [-0.4, -0.2) is 12.0 Å². The van der Waals surface area contributed by atoms with Gasteiger partial charge in [-0.2, -0.15) is 0 Å². The number of hydrogen-bond donors (Lipinski definition) is 1. The van der Waals surface area contributed by atoms with Crippen LogP contribution in [0.15, 0.2) is 34.9 Å². The van der Waals surface area contributed by atoms with E-state index in [-0.39, 0.29) is 17.2 Å². The summed E-state index contributed by atoms with van der Waals surface area (Å²) in [6.45, 7) is 5.83. The van der Waals surface area contributed by atoms with Crippen LogP contribution in [0.3, 0.4) is 0 Å². The van der Waals surface area contributed by atoms with Crippen LogP contribution >= 0.6 is 11.6 Å². The van der Waals surface area contributed by atoms with E-state index in [0.717, 1.165) is 11.3 Å². The SMILES string of the molecule is Cc1cc(OC(C)C)ccc1NC(=O)c1ccoc1Cl. The second kappa shape index (κ2) is 6.01. The second-order valence-electron chi connectivity index (χ2n) is 4.71. The summed E-state index contributed by atoms with van der Waals surface area (Å²) in [5.74, 6) is 0.473. The normalized spacial score (nSPS) is 10.7. The van der Waals surface area contributed by atoms with E-state index in [1.807, 2.05) is 32.9 Å². The number of rotatable bonds is 4. The van der Waals surface area contributed by atoms with Gasteiger partial charge in [-0.25, -0.2) is 0 Å². The zero-order valence-corrected chi connectivity index (χ0v) is 12.3. The lowest BCUT2D eigenvalue weighted by molar-refractivity contribution is 0.102. The van der Waals surface area contributed by atoms with Crippen molar-refractivity contribution < 1.29 is 13.9 Å². The second-order valence-corrected chi connectivity index (χ2v) is 5.05. The molecule has 4 nitrogen and oxygen atoms in total. The number of hydrogen-bond acceptors (Lipinski definition) is 3. The van der Waals surface area contributed by atoms with Crippen molar-refractivity contribution in [2.24, 2.45) is 0 Å². The lowest BCUT2D eigenvalue weighted by Crippen LogP contribution is -2.12. The van der Waals surface area contributed by atoms with Crippen LogP contribution < -0.4 is 10.1 Å². The van der Waals surface area contributed by atoms with Crippen LogP contribution in [0.25, 0.3) is 0 Å². The molecule has 20 heavy (non-hydrogen) atoms. The molecule has 0 spiro atoms. The Morgan fingerprint density at radius 1 is 1.35 bits per heavy atom. The van der Waals surface area contributed by atoms with Crippen LogP contribution in [0.2, 0.25) is 5.22 Å². The van der Waals surface area contributed by atoms with E-state index in [9.17, 15) is 4.79 Å².